The van der Waals surface area contributed by atoms with Crippen LogP contribution in [0.4, 0.5) is 0 Å². The van der Waals surface area contributed by atoms with Crippen LogP contribution >= 0.6 is 0 Å². The minimum absolute atomic E-state index is 0.0187. The van der Waals surface area contributed by atoms with Crippen LogP contribution in [0.3, 0.4) is 0 Å². The molecule has 1 unspecified atom stereocenters. The lowest BCUT2D eigenvalue weighted by atomic mass is 9.90. The Morgan fingerprint density at radius 2 is 1.48 bits per heavy atom. The number of para-hydroxylation sites is 1. The summed E-state index contributed by atoms with van der Waals surface area (Å²) in [6.45, 7) is 4.12. The molecule has 0 fully saturated rings. The van der Waals surface area contributed by atoms with Crippen LogP contribution in [-0.2, 0) is 0 Å². The maximum absolute atomic E-state index is 10.3. The molecule has 1 heterocycles. The molecule has 3 aromatic carbocycles. The number of fused-ring (bicyclic) bond motifs is 1. The van der Waals surface area contributed by atoms with E-state index in [1.54, 1.807) is 10.9 Å². The van der Waals surface area contributed by atoms with Crippen LogP contribution in [-0.4, -0.2) is 20.1 Å². The van der Waals surface area contributed by atoms with Crippen molar-refractivity contribution in [2.24, 2.45) is 0 Å². The molecule has 0 amide bonds. The van der Waals surface area contributed by atoms with Crippen LogP contribution in [0.1, 0.15) is 29.5 Å². The van der Waals surface area contributed by atoms with Gasteiger partial charge in [-0.15, -0.1) is 10.2 Å². The molecule has 4 heteroatoms. The van der Waals surface area contributed by atoms with Gasteiger partial charge in [-0.1, -0.05) is 55.0 Å². The van der Waals surface area contributed by atoms with Crippen LogP contribution in [0.25, 0.3) is 16.7 Å². The monoisotopic (exact) mass is 329 g/mol. The molecule has 4 nitrogen and oxygen atoms in total. The quantitative estimate of drug-likeness (QED) is 0.598. The van der Waals surface area contributed by atoms with Gasteiger partial charge in [0.05, 0.1) is 5.69 Å². The number of hydrogen-bond acceptors (Lipinski definition) is 3. The summed E-state index contributed by atoms with van der Waals surface area (Å²) in [7, 11) is 0. The van der Waals surface area contributed by atoms with Crippen molar-refractivity contribution in [2.75, 3.05) is 0 Å². The third-order valence-electron chi connectivity index (χ3n) is 4.55. The molecule has 4 rings (SSSR count). The molecule has 1 N–H and O–H groups in total. The Labute approximate surface area is 146 Å². The first-order valence-corrected chi connectivity index (χ1v) is 8.34. The van der Waals surface area contributed by atoms with Crippen molar-refractivity contribution in [2.45, 2.75) is 19.8 Å². The summed E-state index contributed by atoms with van der Waals surface area (Å²) in [5.41, 5.74) is 5.76. The first-order chi connectivity index (χ1) is 12.1. The second kappa shape index (κ2) is 6.06. The molecule has 0 aliphatic rings. The third-order valence-corrected chi connectivity index (χ3v) is 4.55. The van der Waals surface area contributed by atoms with Crippen molar-refractivity contribution in [3.63, 3.8) is 0 Å². The maximum Gasteiger partial charge on any atom is 0.119 e. The topological polar surface area (TPSA) is 50.9 Å². The van der Waals surface area contributed by atoms with E-state index >= 15 is 0 Å². The van der Waals surface area contributed by atoms with E-state index in [1.807, 2.05) is 61.5 Å². The number of aryl methyl sites for hydroxylation is 1. The molecule has 1 aromatic heterocycles. The summed E-state index contributed by atoms with van der Waals surface area (Å²) in [5, 5.41) is 19.5. The van der Waals surface area contributed by atoms with E-state index in [-0.39, 0.29) is 5.92 Å². The van der Waals surface area contributed by atoms with Crippen LogP contribution in [0.15, 0.2) is 66.7 Å². The normalized spacial score (nSPS) is 12.4. The molecule has 0 bridgehead atoms. The lowest BCUT2D eigenvalue weighted by Gasteiger charge is -2.18. The van der Waals surface area contributed by atoms with Crippen molar-refractivity contribution >= 4 is 11.0 Å². The maximum atomic E-state index is 10.3. The number of nitrogens with zero attached hydrogens (tertiary/aromatic N) is 3. The predicted molar refractivity (Wildman–Crippen MR) is 99.2 cm³/mol. The molecule has 25 heavy (non-hydrogen) atoms. The summed E-state index contributed by atoms with van der Waals surface area (Å²) >= 11 is 0. The zero-order valence-corrected chi connectivity index (χ0v) is 14.2. The molecular weight excluding hydrogens is 310 g/mol. The lowest BCUT2D eigenvalue weighted by molar-refractivity contribution is 0.466. The summed E-state index contributed by atoms with van der Waals surface area (Å²) in [5.74, 6) is 0.330. The second-order valence-electron chi connectivity index (χ2n) is 6.32. The van der Waals surface area contributed by atoms with Crippen molar-refractivity contribution < 1.29 is 5.11 Å². The van der Waals surface area contributed by atoms with E-state index in [9.17, 15) is 5.11 Å². The highest BCUT2D eigenvalue weighted by Gasteiger charge is 2.18. The molecular formula is C21H19N3O. The first kappa shape index (κ1) is 15.4. The van der Waals surface area contributed by atoms with E-state index in [1.165, 1.54) is 0 Å². The highest BCUT2D eigenvalue weighted by Crippen LogP contribution is 2.34. The molecule has 0 spiro atoms. The summed E-state index contributed by atoms with van der Waals surface area (Å²) in [6, 6.07) is 21.6. The van der Waals surface area contributed by atoms with Crippen molar-refractivity contribution in [1.29, 1.82) is 0 Å². The second-order valence-corrected chi connectivity index (χ2v) is 6.32. The number of aromatic hydroxyl groups is 1. The number of hydrogen-bond donors (Lipinski definition) is 1. The van der Waals surface area contributed by atoms with Gasteiger partial charge in [-0.2, -0.15) is 4.80 Å². The minimum Gasteiger partial charge on any atom is -0.508 e. The number of benzene rings is 3. The Kier molecular flexibility index (Phi) is 3.73. The molecule has 124 valence electrons. The van der Waals surface area contributed by atoms with Gasteiger partial charge in [0.25, 0.3) is 0 Å². The van der Waals surface area contributed by atoms with Gasteiger partial charge in [0, 0.05) is 11.5 Å². The average molecular weight is 329 g/mol. The summed E-state index contributed by atoms with van der Waals surface area (Å²) in [4.78, 5) is 1.68. The van der Waals surface area contributed by atoms with Crippen LogP contribution < -0.4 is 0 Å². The zero-order valence-electron chi connectivity index (χ0n) is 14.2. The van der Waals surface area contributed by atoms with E-state index in [0.29, 0.717) is 5.75 Å². The highest BCUT2D eigenvalue weighted by atomic mass is 16.3. The Morgan fingerprint density at radius 3 is 2.20 bits per heavy atom. The summed E-state index contributed by atoms with van der Waals surface area (Å²) in [6.07, 6.45) is 0. The third kappa shape index (κ3) is 2.76. The van der Waals surface area contributed by atoms with E-state index in [2.05, 4.69) is 23.2 Å². The molecule has 1 atom stereocenters. The average Bonchev–Trinajstić information content (AvgIpc) is 3.07. The molecule has 0 radical (unpaired) electrons. The van der Waals surface area contributed by atoms with Gasteiger partial charge in [0.15, 0.2) is 0 Å². The standard InChI is InChI=1S/C21H19N3O/c1-14-11-12-21(25)17(13-14)15(2)16-7-3-6-10-20(16)24-22-18-8-4-5-9-19(18)23-24/h3-13,15,25H,1-2H3. The van der Waals surface area contributed by atoms with Crippen molar-refractivity contribution in [1.82, 2.24) is 15.0 Å². The van der Waals surface area contributed by atoms with Gasteiger partial charge in [0.2, 0.25) is 0 Å². The number of aromatic nitrogens is 3. The molecule has 4 aromatic rings. The van der Waals surface area contributed by atoms with Gasteiger partial charge in [-0.05, 0) is 36.8 Å². The fraction of sp³-hybridized carbons (Fsp3) is 0.143. The van der Waals surface area contributed by atoms with Gasteiger partial charge >= 0.3 is 0 Å². The van der Waals surface area contributed by atoms with Crippen LogP contribution in [0, 0.1) is 6.92 Å². The fourth-order valence-corrected chi connectivity index (χ4v) is 3.19. The Balaban J connectivity index is 1.85. The van der Waals surface area contributed by atoms with E-state index in [0.717, 1.165) is 33.4 Å². The van der Waals surface area contributed by atoms with Gasteiger partial charge in [-0.3, -0.25) is 0 Å². The molecule has 0 aliphatic carbocycles. The smallest absolute Gasteiger partial charge is 0.119 e. The van der Waals surface area contributed by atoms with Crippen LogP contribution in [0.5, 0.6) is 5.75 Å². The van der Waals surface area contributed by atoms with Gasteiger partial charge in [0.1, 0.15) is 16.8 Å². The number of phenolic OH excluding ortho intramolecular Hbond substituents is 1. The van der Waals surface area contributed by atoms with Gasteiger partial charge < -0.3 is 5.11 Å². The SMILES string of the molecule is Cc1ccc(O)c(C(C)c2ccccc2-n2nc3ccccc3n2)c1. The highest BCUT2D eigenvalue weighted by molar-refractivity contribution is 5.73. The van der Waals surface area contributed by atoms with E-state index < -0.39 is 0 Å². The molecule has 0 aliphatic heterocycles. The summed E-state index contributed by atoms with van der Waals surface area (Å²) < 4.78 is 0. The van der Waals surface area contributed by atoms with E-state index in [4.69, 9.17) is 0 Å². The minimum atomic E-state index is 0.0187. The van der Waals surface area contributed by atoms with Crippen molar-refractivity contribution in [3.8, 4) is 11.4 Å². The Morgan fingerprint density at radius 1 is 0.840 bits per heavy atom. The van der Waals surface area contributed by atoms with Crippen LogP contribution in [0.2, 0.25) is 0 Å². The van der Waals surface area contributed by atoms with Crippen molar-refractivity contribution in [3.05, 3.63) is 83.4 Å². The number of phenols is 1. The molecule has 0 saturated carbocycles. The first-order valence-electron chi connectivity index (χ1n) is 8.34. The largest absolute Gasteiger partial charge is 0.508 e. The van der Waals surface area contributed by atoms with Gasteiger partial charge in [-0.25, -0.2) is 0 Å². The Hall–Kier alpha value is -3.14. The zero-order chi connectivity index (χ0) is 17.4. The Bertz CT molecular complexity index is 1020. The predicted octanol–water partition coefficient (Wildman–Crippen LogP) is 4.59. The number of rotatable bonds is 3. The fourth-order valence-electron chi connectivity index (χ4n) is 3.19. The lowest BCUT2D eigenvalue weighted by Crippen LogP contribution is -2.07. The molecule has 0 saturated heterocycles.